The van der Waals surface area contributed by atoms with E-state index in [2.05, 4.69) is 16.7 Å². The molecule has 0 aromatic heterocycles. The van der Waals surface area contributed by atoms with E-state index in [1.807, 2.05) is 6.26 Å². The summed E-state index contributed by atoms with van der Waals surface area (Å²) < 4.78 is 11.1. The molecular weight excluding hydrogens is 232 g/mol. The molecule has 0 bridgehead atoms. The van der Waals surface area contributed by atoms with E-state index in [1.54, 1.807) is 0 Å². The molecule has 2 aliphatic heterocycles. The molecule has 2 rings (SSSR count). The highest BCUT2D eigenvalue weighted by Crippen LogP contribution is 2.23. The fourth-order valence-electron chi connectivity index (χ4n) is 3.20. The van der Waals surface area contributed by atoms with E-state index < -0.39 is 10.8 Å². The van der Waals surface area contributed by atoms with E-state index in [1.165, 1.54) is 38.9 Å². The highest BCUT2D eigenvalue weighted by Gasteiger charge is 2.32. The largest absolute Gasteiger partial charge is 0.298 e. The van der Waals surface area contributed by atoms with Crippen molar-refractivity contribution in [3.63, 3.8) is 0 Å². The van der Waals surface area contributed by atoms with Crippen molar-refractivity contribution in [2.75, 3.05) is 38.2 Å². The Hall–Kier alpha value is 0.0700. The van der Waals surface area contributed by atoms with Crippen molar-refractivity contribution < 1.29 is 4.21 Å². The second kappa shape index (κ2) is 6.30. The van der Waals surface area contributed by atoms with Gasteiger partial charge in [0.25, 0.3) is 0 Å². The molecule has 3 unspecified atom stereocenters. The lowest BCUT2D eigenvalue weighted by Gasteiger charge is -2.47. The average molecular weight is 258 g/mol. The van der Waals surface area contributed by atoms with Crippen LogP contribution in [0.2, 0.25) is 0 Å². The van der Waals surface area contributed by atoms with Crippen LogP contribution >= 0.6 is 0 Å². The molecule has 3 atom stereocenters. The minimum atomic E-state index is -0.626. The van der Waals surface area contributed by atoms with E-state index in [4.69, 9.17) is 0 Å². The topological polar surface area (TPSA) is 23.6 Å². The van der Waals surface area contributed by atoms with Crippen molar-refractivity contribution in [3.8, 4) is 0 Å². The lowest BCUT2D eigenvalue weighted by molar-refractivity contribution is 0.0156. The fourth-order valence-corrected chi connectivity index (χ4v) is 3.73. The number of hydrogen-bond donors (Lipinski definition) is 0. The van der Waals surface area contributed by atoms with Gasteiger partial charge in [0.2, 0.25) is 0 Å². The lowest BCUT2D eigenvalue weighted by Crippen LogP contribution is -2.58. The van der Waals surface area contributed by atoms with Crippen molar-refractivity contribution in [2.24, 2.45) is 0 Å². The molecule has 0 aromatic rings. The summed E-state index contributed by atoms with van der Waals surface area (Å²) in [5.74, 6) is 0.859. The molecule has 0 radical (unpaired) electrons. The Balaban J connectivity index is 1.80. The van der Waals surface area contributed by atoms with Gasteiger partial charge in [-0.15, -0.1) is 0 Å². The van der Waals surface area contributed by atoms with Crippen LogP contribution in [0.4, 0.5) is 0 Å². The third kappa shape index (κ3) is 3.76. The molecule has 2 aliphatic rings. The Labute approximate surface area is 108 Å². The van der Waals surface area contributed by atoms with Crippen molar-refractivity contribution >= 4 is 10.8 Å². The maximum Gasteiger partial charge on any atom is 0.0244 e. The molecule has 3 nitrogen and oxygen atoms in total. The maximum atomic E-state index is 11.1. The predicted octanol–water partition coefficient (Wildman–Crippen LogP) is 1.31. The summed E-state index contributed by atoms with van der Waals surface area (Å²) in [5.41, 5.74) is 0. The first-order valence-electron chi connectivity index (χ1n) is 6.95. The SMILES string of the molecule is CC1CN2CCCCC2CN1CCCS(C)=O. The molecule has 0 aliphatic carbocycles. The van der Waals surface area contributed by atoms with Crippen molar-refractivity contribution in [1.82, 2.24) is 9.80 Å². The van der Waals surface area contributed by atoms with Crippen molar-refractivity contribution in [2.45, 2.75) is 44.7 Å². The molecule has 0 N–H and O–H groups in total. The first-order valence-corrected chi connectivity index (χ1v) is 8.67. The molecule has 2 fully saturated rings. The van der Waals surface area contributed by atoms with Crippen LogP contribution in [0.3, 0.4) is 0 Å². The summed E-state index contributed by atoms with van der Waals surface area (Å²) in [6.45, 7) is 7.25. The van der Waals surface area contributed by atoms with Gasteiger partial charge in [0, 0.05) is 48.0 Å². The minimum Gasteiger partial charge on any atom is -0.298 e. The average Bonchev–Trinajstić information content (AvgIpc) is 2.29. The second-order valence-electron chi connectivity index (χ2n) is 5.62. The van der Waals surface area contributed by atoms with Gasteiger partial charge in [-0.2, -0.15) is 0 Å². The Kier molecular flexibility index (Phi) is 5.00. The number of hydrogen-bond acceptors (Lipinski definition) is 3. The van der Waals surface area contributed by atoms with Crippen molar-refractivity contribution in [1.29, 1.82) is 0 Å². The van der Waals surface area contributed by atoms with Crippen LogP contribution in [0.15, 0.2) is 0 Å². The number of rotatable bonds is 4. The van der Waals surface area contributed by atoms with Gasteiger partial charge in [0.05, 0.1) is 0 Å². The summed E-state index contributed by atoms with van der Waals surface area (Å²) in [5, 5.41) is 0. The third-order valence-electron chi connectivity index (χ3n) is 4.19. The van der Waals surface area contributed by atoms with Crippen LogP contribution in [0.25, 0.3) is 0 Å². The van der Waals surface area contributed by atoms with Crippen molar-refractivity contribution in [3.05, 3.63) is 0 Å². The van der Waals surface area contributed by atoms with E-state index in [-0.39, 0.29) is 0 Å². The number of piperidine rings is 1. The first-order chi connectivity index (χ1) is 8.16. The van der Waals surface area contributed by atoms with E-state index in [9.17, 15) is 4.21 Å². The number of piperazine rings is 1. The first kappa shape index (κ1) is 13.5. The van der Waals surface area contributed by atoms with Gasteiger partial charge in [-0.1, -0.05) is 6.42 Å². The monoisotopic (exact) mass is 258 g/mol. The van der Waals surface area contributed by atoms with Gasteiger partial charge >= 0.3 is 0 Å². The van der Waals surface area contributed by atoms with Gasteiger partial charge < -0.3 is 0 Å². The van der Waals surface area contributed by atoms with Crippen LogP contribution in [-0.4, -0.2) is 64.3 Å². The van der Waals surface area contributed by atoms with E-state index in [0.717, 1.165) is 24.8 Å². The Morgan fingerprint density at radius 3 is 2.88 bits per heavy atom. The summed E-state index contributed by atoms with van der Waals surface area (Å²) in [6.07, 6.45) is 7.06. The summed E-state index contributed by atoms with van der Waals surface area (Å²) >= 11 is 0. The smallest absolute Gasteiger partial charge is 0.0244 e. The van der Waals surface area contributed by atoms with Gasteiger partial charge in [-0.25, -0.2) is 0 Å². The molecule has 0 spiro atoms. The molecule has 2 heterocycles. The molecule has 100 valence electrons. The number of fused-ring (bicyclic) bond motifs is 1. The van der Waals surface area contributed by atoms with Crippen LogP contribution < -0.4 is 0 Å². The standard InChI is InChI=1S/C13H26N2OS/c1-12-10-15-7-4-3-6-13(15)11-14(12)8-5-9-17(2)16/h12-13H,3-11H2,1-2H3. The second-order valence-corrected chi connectivity index (χ2v) is 7.17. The molecule has 0 amide bonds. The molecular formula is C13H26N2OS. The van der Waals surface area contributed by atoms with Crippen LogP contribution in [0.1, 0.15) is 32.6 Å². The molecule has 17 heavy (non-hydrogen) atoms. The molecule has 2 saturated heterocycles. The Morgan fingerprint density at radius 2 is 2.12 bits per heavy atom. The van der Waals surface area contributed by atoms with Crippen LogP contribution in [-0.2, 0) is 10.8 Å². The Morgan fingerprint density at radius 1 is 1.29 bits per heavy atom. The van der Waals surface area contributed by atoms with Crippen LogP contribution in [0.5, 0.6) is 0 Å². The third-order valence-corrected chi connectivity index (χ3v) is 5.06. The maximum absolute atomic E-state index is 11.1. The quantitative estimate of drug-likeness (QED) is 0.760. The minimum absolute atomic E-state index is 0.626. The molecule has 4 heteroatoms. The zero-order chi connectivity index (χ0) is 12.3. The van der Waals surface area contributed by atoms with Crippen LogP contribution in [0, 0.1) is 0 Å². The molecule has 0 aromatic carbocycles. The van der Waals surface area contributed by atoms with E-state index in [0.29, 0.717) is 6.04 Å². The Bertz CT molecular complexity index is 272. The summed E-state index contributed by atoms with van der Waals surface area (Å²) in [7, 11) is -0.626. The zero-order valence-electron chi connectivity index (χ0n) is 11.2. The van der Waals surface area contributed by atoms with Gasteiger partial charge in [-0.05, 0) is 39.3 Å². The van der Waals surface area contributed by atoms with Gasteiger partial charge in [0.1, 0.15) is 0 Å². The van der Waals surface area contributed by atoms with E-state index >= 15 is 0 Å². The normalized spacial score (nSPS) is 33.3. The highest BCUT2D eigenvalue weighted by atomic mass is 32.2. The van der Waals surface area contributed by atoms with Gasteiger partial charge in [-0.3, -0.25) is 14.0 Å². The van der Waals surface area contributed by atoms with Gasteiger partial charge in [0.15, 0.2) is 0 Å². The predicted molar refractivity (Wildman–Crippen MR) is 73.8 cm³/mol. The lowest BCUT2D eigenvalue weighted by atomic mass is 9.97. The molecule has 0 saturated carbocycles. The zero-order valence-corrected chi connectivity index (χ0v) is 12.0. The summed E-state index contributed by atoms with van der Waals surface area (Å²) in [6, 6.07) is 1.47. The highest BCUT2D eigenvalue weighted by molar-refractivity contribution is 7.84. The summed E-state index contributed by atoms with van der Waals surface area (Å²) in [4.78, 5) is 5.29. The number of nitrogens with zero attached hydrogens (tertiary/aromatic N) is 2. The fraction of sp³-hybridized carbons (Fsp3) is 1.00.